The van der Waals surface area contributed by atoms with Gasteiger partial charge in [-0.05, 0) is 17.5 Å². The van der Waals surface area contributed by atoms with Crippen LogP contribution in [0.4, 0.5) is 8.78 Å². The third-order valence-corrected chi connectivity index (χ3v) is 2.48. The maximum atomic E-state index is 12.2. The summed E-state index contributed by atoms with van der Waals surface area (Å²) < 4.78 is 24.4. The van der Waals surface area contributed by atoms with Gasteiger partial charge < -0.3 is 0 Å². The zero-order chi connectivity index (χ0) is 9.19. The van der Waals surface area contributed by atoms with Gasteiger partial charge in [-0.1, -0.05) is 25.7 Å². The predicted molar refractivity (Wildman–Crippen MR) is 42.4 cm³/mol. The molecule has 0 aromatic carbocycles. The molecule has 0 N–H and O–H groups in total. The van der Waals surface area contributed by atoms with Crippen LogP contribution in [0.5, 0.6) is 0 Å². The average Bonchev–Trinajstić information content (AvgIpc) is 2.37. The minimum atomic E-state index is -3.65. The van der Waals surface area contributed by atoms with E-state index in [1.807, 2.05) is 0 Å². The van der Waals surface area contributed by atoms with Gasteiger partial charge in [0.2, 0.25) is 5.78 Å². The van der Waals surface area contributed by atoms with E-state index < -0.39 is 11.2 Å². The summed E-state index contributed by atoms with van der Waals surface area (Å²) in [6, 6.07) is 0. The first-order valence-electron chi connectivity index (χ1n) is 4.10. The SMILES string of the molecule is O=C(CC1CCCC1)C(F)(F)Cl. The lowest BCUT2D eigenvalue weighted by Crippen LogP contribution is -2.23. The Bertz CT molecular complexity index is 170. The zero-order valence-electron chi connectivity index (χ0n) is 6.66. The first-order valence-corrected chi connectivity index (χ1v) is 4.48. The van der Waals surface area contributed by atoms with Crippen molar-refractivity contribution >= 4 is 17.4 Å². The molecular formula is C8H11ClF2O. The van der Waals surface area contributed by atoms with Crippen LogP contribution in [-0.4, -0.2) is 11.2 Å². The van der Waals surface area contributed by atoms with Crippen LogP contribution in [0.15, 0.2) is 0 Å². The second kappa shape index (κ2) is 3.69. The summed E-state index contributed by atoms with van der Waals surface area (Å²) in [7, 11) is 0. The standard InChI is InChI=1S/C8H11ClF2O/c9-8(10,11)7(12)5-6-3-1-2-4-6/h6H,1-5H2. The molecule has 1 aliphatic carbocycles. The molecule has 0 aromatic rings. The van der Waals surface area contributed by atoms with E-state index in [2.05, 4.69) is 11.6 Å². The molecule has 0 aromatic heterocycles. The van der Waals surface area contributed by atoms with Crippen LogP contribution >= 0.6 is 11.6 Å². The average molecular weight is 197 g/mol. The first-order chi connectivity index (χ1) is 5.50. The van der Waals surface area contributed by atoms with Crippen molar-refractivity contribution in [3.63, 3.8) is 0 Å². The Balaban J connectivity index is 2.35. The summed E-state index contributed by atoms with van der Waals surface area (Å²) in [5.41, 5.74) is 0. The van der Waals surface area contributed by atoms with Gasteiger partial charge in [0.05, 0.1) is 0 Å². The predicted octanol–water partition coefficient (Wildman–Crippen LogP) is 2.97. The summed E-state index contributed by atoms with van der Waals surface area (Å²) >= 11 is 4.58. The Morgan fingerprint density at radius 3 is 2.33 bits per heavy atom. The number of alkyl halides is 3. The van der Waals surface area contributed by atoms with Crippen LogP contribution in [0, 0.1) is 5.92 Å². The maximum Gasteiger partial charge on any atom is 0.380 e. The Morgan fingerprint density at radius 1 is 1.42 bits per heavy atom. The van der Waals surface area contributed by atoms with Gasteiger partial charge in [0.25, 0.3) is 0 Å². The molecular weight excluding hydrogens is 186 g/mol. The monoisotopic (exact) mass is 196 g/mol. The summed E-state index contributed by atoms with van der Waals surface area (Å²) in [6.45, 7) is 0. The molecule has 4 heteroatoms. The van der Waals surface area contributed by atoms with Crippen molar-refractivity contribution in [1.82, 2.24) is 0 Å². The van der Waals surface area contributed by atoms with Gasteiger partial charge >= 0.3 is 5.38 Å². The van der Waals surface area contributed by atoms with Crippen LogP contribution in [0.1, 0.15) is 32.1 Å². The maximum absolute atomic E-state index is 12.2. The van der Waals surface area contributed by atoms with Crippen molar-refractivity contribution in [2.45, 2.75) is 37.5 Å². The molecule has 0 saturated heterocycles. The van der Waals surface area contributed by atoms with Gasteiger partial charge in [-0.2, -0.15) is 8.78 Å². The largest absolute Gasteiger partial charge is 0.380 e. The van der Waals surface area contributed by atoms with E-state index in [9.17, 15) is 13.6 Å². The third-order valence-electron chi connectivity index (χ3n) is 2.26. The normalized spacial score (nSPS) is 19.9. The number of carbonyl (C=O) groups excluding carboxylic acids is 1. The Morgan fingerprint density at radius 2 is 1.92 bits per heavy atom. The van der Waals surface area contributed by atoms with E-state index in [1.165, 1.54) is 0 Å². The number of hydrogen-bond donors (Lipinski definition) is 0. The summed E-state index contributed by atoms with van der Waals surface area (Å²) in [5.74, 6) is -0.988. The molecule has 1 fully saturated rings. The fourth-order valence-corrected chi connectivity index (χ4v) is 1.67. The molecule has 1 rings (SSSR count). The smallest absolute Gasteiger partial charge is 0.291 e. The lowest BCUT2D eigenvalue weighted by molar-refractivity contribution is -0.134. The molecule has 0 spiro atoms. The van der Waals surface area contributed by atoms with E-state index in [4.69, 9.17) is 0 Å². The van der Waals surface area contributed by atoms with E-state index in [0.29, 0.717) is 0 Å². The summed E-state index contributed by atoms with van der Waals surface area (Å²) in [4.78, 5) is 10.7. The summed E-state index contributed by atoms with van der Waals surface area (Å²) in [5, 5.41) is -3.65. The van der Waals surface area contributed by atoms with Crippen molar-refractivity contribution in [2.75, 3.05) is 0 Å². The Kier molecular flexibility index (Phi) is 3.04. The lowest BCUT2D eigenvalue weighted by atomic mass is 10.0. The quantitative estimate of drug-likeness (QED) is 0.635. The topological polar surface area (TPSA) is 17.1 Å². The van der Waals surface area contributed by atoms with Crippen LogP contribution in [-0.2, 0) is 4.79 Å². The zero-order valence-corrected chi connectivity index (χ0v) is 7.41. The summed E-state index contributed by atoms with van der Waals surface area (Å²) in [6.07, 6.45) is 3.81. The molecule has 1 saturated carbocycles. The first kappa shape index (κ1) is 9.90. The minimum Gasteiger partial charge on any atom is -0.291 e. The molecule has 12 heavy (non-hydrogen) atoms. The Hall–Kier alpha value is -0.180. The van der Waals surface area contributed by atoms with Gasteiger partial charge in [-0.3, -0.25) is 4.79 Å². The van der Waals surface area contributed by atoms with Crippen LogP contribution < -0.4 is 0 Å². The molecule has 0 bridgehead atoms. The highest BCUT2D eigenvalue weighted by Crippen LogP contribution is 2.31. The number of halogens is 3. The second-order valence-corrected chi connectivity index (χ2v) is 3.75. The molecule has 0 amide bonds. The molecule has 0 unspecified atom stereocenters. The van der Waals surface area contributed by atoms with Gasteiger partial charge in [0.1, 0.15) is 0 Å². The number of hydrogen-bond acceptors (Lipinski definition) is 1. The van der Waals surface area contributed by atoms with Crippen molar-refractivity contribution in [3.05, 3.63) is 0 Å². The minimum absolute atomic E-state index is 0.0590. The molecule has 70 valence electrons. The number of rotatable bonds is 3. The highest BCUT2D eigenvalue weighted by molar-refractivity contribution is 6.32. The lowest BCUT2D eigenvalue weighted by Gasteiger charge is -2.10. The number of ketones is 1. The van der Waals surface area contributed by atoms with Gasteiger partial charge in [0, 0.05) is 6.42 Å². The second-order valence-electron chi connectivity index (χ2n) is 3.28. The number of Topliss-reactive ketones (excluding diaryl/α,β-unsaturated/α-hetero) is 1. The van der Waals surface area contributed by atoms with Gasteiger partial charge in [0.15, 0.2) is 0 Å². The molecule has 0 heterocycles. The third kappa shape index (κ3) is 2.70. The molecule has 1 nitrogen and oxygen atoms in total. The van der Waals surface area contributed by atoms with Crippen molar-refractivity contribution in [3.8, 4) is 0 Å². The molecule has 0 atom stereocenters. The van der Waals surface area contributed by atoms with Crippen LogP contribution in [0.3, 0.4) is 0 Å². The van der Waals surface area contributed by atoms with Gasteiger partial charge in [-0.15, -0.1) is 0 Å². The van der Waals surface area contributed by atoms with E-state index in [-0.39, 0.29) is 12.3 Å². The number of carbonyl (C=O) groups is 1. The highest BCUT2D eigenvalue weighted by Gasteiger charge is 2.36. The van der Waals surface area contributed by atoms with Crippen LogP contribution in [0.2, 0.25) is 0 Å². The van der Waals surface area contributed by atoms with E-state index in [0.717, 1.165) is 25.7 Å². The van der Waals surface area contributed by atoms with E-state index in [1.54, 1.807) is 0 Å². The fourth-order valence-electron chi connectivity index (χ4n) is 1.59. The van der Waals surface area contributed by atoms with E-state index >= 15 is 0 Å². The highest BCUT2D eigenvalue weighted by atomic mass is 35.5. The fraction of sp³-hybridized carbons (Fsp3) is 0.875. The Labute approximate surface area is 75.1 Å². The van der Waals surface area contributed by atoms with Crippen molar-refractivity contribution in [2.24, 2.45) is 5.92 Å². The van der Waals surface area contributed by atoms with Crippen LogP contribution in [0.25, 0.3) is 0 Å². The van der Waals surface area contributed by atoms with Gasteiger partial charge in [-0.25, -0.2) is 0 Å². The molecule has 0 radical (unpaired) electrons. The molecule has 1 aliphatic rings. The van der Waals surface area contributed by atoms with Crippen molar-refractivity contribution in [1.29, 1.82) is 0 Å². The molecule has 0 aliphatic heterocycles. The van der Waals surface area contributed by atoms with Crippen molar-refractivity contribution < 1.29 is 13.6 Å².